The summed E-state index contributed by atoms with van der Waals surface area (Å²) in [6.45, 7) is 6.47. The van der Waals surface area contributed by atoms with Crippen LogP contribution in [0.25, 0.3) is 0 Å². The van der Waals surface area contributed by atoms with Gasteiger partial charge in [-0.05, 0) is 32.8 Å². The first-order chi connectivity index (χ1) is 6.81. The lowest BCUT2D eigenvalue weighted by Crippen LogP contribution is -1.82. The summed E-state index contributed by atoms with van der Waals surface area (Å²) in [6, 6.07) is 0. The van der Waals surface area contributed by atoms with Crippen LogP contribution in [0.4, 0.5) is 0 Å². The predicted molar refractivity (Wildman–Crippen MR) is 65.3 cm³/mol. The summed E-state index contributed by atoms with van der Waals surface area (Å²) in [7, 11) is 0. The molecule has 0 aromatic heterocycles. The number of unbranched alkanes of at least 4 members (excludes halogenated alkanes) is 7. The minimum absolute atomic E-state index is 1.26. The molecule has 0 saturated carbocycles. The van der Waals surface area contributed by atoms with Gasteiger partial charge in [0, 0.05) is 0 Å². The minimum atomic E-state index is 1.26. The van der Waals surface area contributed by atoms with Crippen molar-refractivity contribution in [1.29, 1.82) is 0 Å². The lowest BCUT2D eigenvalue weighted by atomic mass is 10.1. The smallest absolute Gasteiger partial charge is 0.0317 e. The standard InChI is InChI=1S/C14H27/c1-4-6-7-8-9-10-11-12-13-14(3)5-2/h4,6-13H2,1-3H3. The van der Waals surface area contributed by atoms with Crippen LogP contribution in [-0.2, 0) is 0 Å². The van der Waals surface area contributed by atoms with Gasteiger partial charge in [0.1, 0.15) is 0 Å². The molecule has 0 aromatic rings. The van der Waals surface area contributed by atoms with Gasteiger partial charge in [0.15, 0.2) is 0 Å². The van der Waals surface area contributed by atoms with Crippen molar-refractivity contribution in [2.24, 2.45) is 0 Å². The van der Waals surface area contributed by atoms with Crippen molar-refractivity contribution >= 4 is 0 Å². The van der Waals surface area contributed by atoms with Gasteiger partial charge in [0.05, 0.1) is 0 Å². The van der Waals surface area contributed by atoms with Crippen LogP contribution in [0.1, 0.15) is 78.6 Å². The maximum Gasteiger partial charge on any atom is -0.0317 e. The van der Waals surface area contributed by atoms with Crippen molar-refractivity contribution in [2.45, 2.75) is 78.6 Å². The molecule has 0 aliphatic heterocycles. The molecule has 0 rings (SSSR count). The van der Waals surface area contributed by atoms with Gasteiger partial charge in [-0.15, -0.1) is 0 Å². The third kappa shape index (κ3) is 9.83. The highest BCUT2D eigenvalue weighted by Crippen LogP contribution is 2.11. The van der Waals surface area contributed by atoms with Crippen molar-refractivity contribution in [3.05, 3.63) is 11.6 Å². The van der Waals surface area contributed by atoms with Crippen LogP contribution in [0.2, 0.25) is 0 Å². The Morgan fingerprint density at radius 3 is 1.86 bits per heavy atom. The maximum absolute atomic E-state index is 3.20. The molecule has 0 fully saturated rings. The zero-order valence-electron chi connectivity index (χ0n) is 10.4. The van der Waals surface area contributed by atoms with Crippen LogP contribution in [0, 0.1) is 6.08 Å². The molecular weight excluding hydrogens is 168 g/mol. The van der Waals surface area contributed by atoms with E-state index in [1.807, 2.05) is 6.92 Å². The summed E-state index contributed by atoms with van der Waals surface area (Å²) in [5.74, 6) is 0. The van der Waals surface area contributed by atoms with Crippen molar-refractivity contribution in [3.8, 4) is 0 Å². The zero-order valence-corrected chi connectivity index (χ0v) is 10.4. The van der Waals surface area contributed by atoms with Gasteiger partial charge >= 0.3 is 0 Å². The second kappa shape index (κ2) is 10.8. The van der Waals surface area contributed by atoms with E-state index in [0.29, 0.717) is 0 Å². The second-order valence-electron chi connectivity index (χ2n) is 4.26. The van der Waals surface area contributed by atoms with Crippen LogP contribution in [0.15, 0.2) is 5.57 Å². The maximum atomic E-state index is 3.20. The highest BCUT2D eigenvalue weighted by atomic mass is 14.0. The second-order valence-corrected chi connectivity index (χ2v) is 4.26. The molecule has 0 aliphatic carbocycles. The molecular formula is C14H27. The fourth-order valence-corrected chi connectivity index (χ4v) is 1.65. The average molecular weight is 195 g/mol. The normalized spacial score (nSPS) is 12.1. The first-order valence-electron chi connectivity index (χ1n) is 6.31. The van der Waals surface area contributed by atoms with E-state index >= 15 is 0 Å². The van der Waals surface area contributed by atoms with E-state index < -0.39 is 0 Å². The molecule has 14 heavy (non-hydrogen) atoms. The highest BCUT2D eigenvalue weighted by Gasteiger charge is 1.92. The average Bonchev–Trinajstić information content (AvgIpc) is 2.21. The molecule has 0 atom stereocenters. The summed E-state index contributed by atoms with van der Waals surface area (Å²) in [5, 5.41) is 0. The van der Waals surface area contributed by atoms with Crippen LogP contribution < -0.4 is 0 Å². The van der Waals surface area contributed by atoms with Crippen molar-refractivity contribution in [2.75, 3.05) is 0 Å². The van der Waals surface area contributed by atoms with Crippen molar-refractivity contribution < 1.29 is 0 Å². The molecule has 1 radical (unpaired) electrons. The zero-order chi connectivity index (χ0) is 10.6. The van der Waals surface area contributed by atoms with E-state index in [2.05, 4.69) is 19.9 Å². The Bertz CT molecular complexity index is 133. The van der Waals surface area contributed by atoms with Gasteiger partial charge in [-0.1, -0.05) is 57.4 Å². The first kappa shape index (κ1) is 13.7. The Kier molecular flexibility index (Phi) is 10.6. The van der Waals surface area contributed by atoms with E-state index in [4.69, 9.17) is 0 Å². The molecule has 0 unspecified atom stereocenters. The lowest BCUT2D eigenvalue weighted by molar-refractivity contribution is 0.574. The molecule has 83 valence electrons. The van der Waals surface area contributed by atoms with E-state index in [0.717, 1.165) is 0 Å². The molecule has 0 aromatic carbocycles. The summed E-state index contributed by atoms with van der Waals surface area (Å²) >= 11 is 0. The van der Waals surface area contributed by atoms with E-state index in [1.54, 1.807) is 0 Å². The molecule has 0 bridgehead atoms. The molecule has 0 amide bonds. The number of hydrogen-bond acceptors (Lipinski definition) is 0. The van der Waals surface area contributed by atoms with Crippen molar-refractivity contribution in [3.63, 3.8) is 0 Å². The Hall–Kier alpha value is -0.260. The molecule has 0 heterocycles. The number of rotatable bonds is 9. The first-order valence-corrected chi connectivity index (χ1v) is 6.31. The van der Waals surface area contributed by atoms with Gasteiger partial charge in [-0.25, -0.2) is 0 Å². The molecule has 0 heteroatoms. The summed E-state index contributed by atoms with van der Waals surface area (Å²) in [6.07, 6.45) is 15.8. The summed E-state index contributed by atoms with van der Waals surface area (Å²) < 4.78 is 0. The number of allylic oxidation sites excluding steroid dienone is 2. The summed E-state index contributed by atoms with van der Waals surface area (Å²) in [4.78, 5) is 0. The fraction of sp³-hybridized carbons (Fsp3) is 0.857. The van der Waals surface area contributed by atoms with Gasteiger partial charge in [0.2, 0.25) is 0 Å². The molecule has 0 spiro atoms. The largest absolute Gasteiger partial charge is 0.0701 e. The SMILES string of the molecule is C/[C]=C(/C)CCCCCCCCCC. The summed E-state index contributed by atoms with van der Waals surface area (Å²) in [5.41, 5.74) is 1.43. The Balaban J connectivity index is 2.99. The molecule has 0 nitrogen and oxygen atoms in total. The van der Waals surface area contributed by atoms with Crippen molar-refractivity contribution in [1.82, 2.24) is 0 Å². The number of hydrogen-bond donors (Lipinski definition) is 0. The Morgan fingerprint density at radius 2 is 1.36 bits per heavy atom. The molecule has 0 N–H and O–H groups in total. The lowest BCUT2D eigenvalue weighted by Gasteiger charge is -2.01. The van der Waals surface area contributed by atoms with Crippen LogP contribution in [0.5, 0.6) is 0 Å². The van der Waals surface area contributed by atoms with E-state index in [-0.39, 0.29) is 0 Å². The molecule has 0 aliphatic rings. The Morgan fingerprint density at radius 1 is 0.857 bits per heavy atom. The van der Waals surface area contributed by atoms with E-state index in [1.165, 1.54) is 63.4 Å². The fourth-order valence-electron chi connectivity index (χ4n) is 1.65. The van der Waals surface area contributed by atoms with E-state index in [9.17, 15) is 0 Å². The third-order valence-corrected chi connectivity index (χ3v) is 2.83. The van der Waals surface area contributed by atoms with Gasteiger partial charge in [0.25, 0.3) is 0 Å². The van der Waals surface area contributed by atoms with Gasteiger partial charge in [-0.2, -0.15) is 0 Å². The van der Waals surface area contributed by atoms with Crippen LogP contribution in [0.3, 0.4) is 0 Å². The quantitative estimate of drug-likeness (QED) is 0.439. The third-order valence-electron chi connectivity index (χ3n) is 2.83. The Labute approximate surface area is 90.8 Å². The van der Waals surface area contributed by atoms with Crippen LogP contribution >= 0.6 is 0 Å². The predicted octanol–water partition coefficient (Wildman–Crippen LogP) is 5.29. The van der Waals surface area contributed by atoms with Crippen LogP contribution in [-0.4, -0.2) is 0 Å². The molecule has 0 saturated heterocycles. The monoisotopic (exact) mass is 195 g/mol. The topological polar surface area (TPSA) is 0 Å². The highest BCUT2D eigenvalue weighted by molar-refractivity contribution is 4.89. The van der Waals surface area contributed by atoms with Gasteiger partial charge < -0.3 is 0 Å². The van der Waals surface area contributed by atoms with Gasteiger partial charge in [-0.3, -0.25) is 0 Å². The minimum Gasteiger partial charge on any atom is -0.0701 e.